The van der Waals surface area contributed by atoms with Gasteiger partial charge in [-0.1, -0.05) is 17.7 Å². The average Bonchev–Trinajstić information content (AvgIpc) is 2.61. The summed E-state index contributed by atoms with van der Waals surface area (Å²) in [6, 6.07) is 5.47. The lowest BCUT2D eigenvalue weighted by atomic mass is 10.1. The molecule has 0 atom stereocenters. The molecule has 0 saturated carbocycles. The van der Waals surface area contributed by atoms with E-state index in [9.17, 15) is 22.4 Å². The Morgan fingerprint density at radius 2 is 1.74 bits per heavy atom. The number of ether oxygens (including phenoxy) is 2. The topological polar surface area (TPSA) is 47.6 Å². The number of methoxy groups -OCH3 is 2. The zero-order chi connectivity index (χ0) is 20.2. The molecule has 1 amide bonds. The van der Waals surface area contributed by atoms with Crippen molar-refractivity contribution in [3.05, 3.63) is 58.4 Å². The smallest absolute Gasteiger partial charge is 0.417 e. The van der Waals surface area contributed by atoms with E-state index < -0.39 is 28.5 Å². The Kier molecular flexibility index (Phi) is 6.32. The van der Waals surface area contributed by atoms with Crippen molar-refractivity contribution < 1.29 is 31.8 Å². The Morgan fingerprint density at radius 3 is 2.33 bits per heavy atom. The van der Waals surface area contributed by atoms with Crippen molar-refractivity contribution in [2.45, 2.75) is 6.18 Å². The molecule has 0 aromatic heterocycles. The van der Waals surface area contributed by atoms with Crippen molar-refractivity contribution >= 4 is 29.3 Å². The number of nitrogens with one attached hydrogen (secondary N) is 1. The molecule has 0 heterocycles. The van der Waals surface area contributed by atoms with E-state index in [1.54, 1.807) is 0 Å². The third kappa shape index (κ3) is 5.13. The predicted octanol–water partition coefficient (Wildman–Crippen LogP) is 5.17. The van der Waals surface area contributed by atoms with Gasteiger partial charge in [0.05, 0.1) is 30.5 Å². The first-order valence-electron chi connectivity index (χ1n) is 7.43. The SMILES string of the molecule is COc1cc(F)c(NC(=O)/C=C/c2ccc(Cl)c(C(F)(F)F)c2)cc1OC. The monoisotopic (exact) mass is 403 g/mol. The van der Waals surface area contributed by atoms with Gasteiger partial charge in [-0.25, -0.2) is 4.39 Å². The second kappa shape index (κ2) is 8.30. The molecule has 0 saturated heterocycles. The van der Waals surface area contributed by atoms with Crippen molar-refractivity contribution in [2.24, 2.45) is 0 Å². The molecule has 0 aliphatic heterocycles. The minimum Gasteiger partial charge on any atom is -0.493 e. The summed E-state index contributed by atoms with van der Waals surface area (Å²) in [5, 5.41) is 1.83. The molecule has 0 unspecified atom stereocenters. The summed E-state index contributed by atoms with van der Waals surface area (Å²) in [4.78, 5) is 12.0. The van der Waals surface area contributed by atoms with Crippen LogP contribution in [0.2, 0.25) is 5.02 Å². The van der Waals surface area contributed by atoms with Gasteiger partial charge in [0, 0.05) is 18.2 Å². The Bertz CT molecular complexity index is 882. The molecule has 144 valence electrons. The van der Waals surface area contributed by atoms with E-state index in [2.05, 4.69) is 5.32 Å². The van der Waals surface area contributed by atoms with Crippen LogP contribution in [-0.4, -0.2) is 20.1 Å². The van der Waals surface area contributed by atoms with E-state index in [1.165, 1.54) is 26.4 Å². The second-order valence-corrected chi connectivity index (χ2v) is 5.65. The summed E-state index contributed by atoms with van der Waals surface area (Å²) in [5.41, 5.74) is -1.08. The van der Waals surface area contributed by atoms with Crippen LogP contribution in [0.1, 0.15) is 11.1 Å². The minimum absolute atomic E-state index is 0.106. The summed E-state index contributed by atoms with van der Waals surface area (Å²) < 4.78 is 62.5. The molecular weight excluding hydrogens is 390 g/mol. The molecule has 2 aromatic rings. The number of anilines is 1. The number of carbonyl (C=O) groups is 1. The highest BCUT2D eigenvalue weighted by molar-refractivity contribution is 6.31. The van der Waals surface area contributed by atoms with Gasteiger partial charge in [-0.05, 0) is 23.8 Å². The van der Waals surface area contributed by atoms with Crippen LogP contribution in [-0.2, 0) is 11.0 Å². The van der Waals surface area contributed by atoms with Crippen LogP contribution < -0.4 is 14.8 Å². The van der Waals surface area contributed by atoms with Gasteiger partial charge in [-0.2, -0.15) is 13.2 Å². The molecule has 4 nitrogen and oxygen atoms in total. The maximum atomic E-state index is 14.0. The highest BCUT2D eigenvalue weighted by atomic mass is 35.5. The number of benzene rings is 2. The van der Waals surface area contributed by atoms with E-state index in [4.69, 9.17) is 21.1 Å². The fraction of sp³-hybridized carbons (Fsp3) is 0.167. The first-order chi connectivity index (χ1) is 12.7. The van der Waals surface area contributed by atoms with Gasteiger partial charge in [-0.15, -0.1) is 0 Å². The van der Waals surface area contributed by atoms with Crippen LogP contribution in [0.25, 0.3) is 6.08 Å². The van der Waals surface area contributed by atoms with Crippen LogP contribution in [0.4, 0.5) is 23.2 Å². The lowest BCUT2D eigenvalue weighted by molar-refractivity contribution is -0.137. The average molecular weight is 404 g/mol. The Labute approximate surface area is 157 Å². The van der Waals surface area contributed by atoms with Crippen LogP contribution in [0, 0.1) is 5.82 Å². The summed E-state index contributed by atoms with van der Waals surface area (Å²) >= 11 is 5.53. The van der Waals surface area contributed by atoms with Crippen LogP contribution >= 0.6 is 11.6 Å². The third-order valence-electron chi connectivity index (χ3n) is 3.45. The summed E-state index contributed by atoms with van der Waals surface area (Å²) in [6.07, 6.45) is -2.49. The fourth-order valence-electron chi connectivity index (χ4n) is 2.16. The van der Waals surface area contributed by atoms with Gasteiger partial charge in [0.2, 0.25) is 5.91 Å². The van der Waals surface area contributed by atoms with Crippen molar-refractivity contribution in [1.29, 1.82) is 0 Å². The van der Waals surface area contributed by atoms with Crippen LogP contribution in [0.3, 0.4) is 0 Å². The molecule has 1 N–H and O–H groups in total. The molecule has 0 aliphatic carbocycles. The molecule has 0 fully saturated rings. The zero-order valence-electron chi connectivity index (χ0n) is 14.2. The number of hydrogen-bond donors (Lipinski definition) is 1. The number of amides is 1. The fourth-order valence-corrected chi connectivity index (χ4v) is 2.38. The maximum absolute atomic E-state index is 14.0. The Morgan fingerprint density at radius 1 is 1.11 bits per heavy atom. The zero-order valence-corrected chi connectivity index (χ0v) is 14.9. The van der Waals surface area contributed by atoms with Gasteiger partial charge in [0.1, 0.15) is 0 Å². The van der Waals surface area contributed by atoms with Gasteiger partial charge >= 0.3 is 6.18 Å². The van der Waals surface area contributed by atoms with E-state index in [1.807, 2.05) is 0 Å². The van der Waals surface area contributed by atoms with E-state index in [0.717, 1.165) is 30.4 Å². The molecule has 2 rings (SSSR count). The molecule has 9 heteroatoms. The highest BCUT2D eigenvalue weighted by Gasteiger charge is 2.33. The molecule has 0 spiro atoms. The lowest BCUT2D eigenvalue weighted by Gasteiger charge is -2.11. The normalized spacial score (nSPS) is 11.5. The number of alkyl halides is 3. The van der Waals surface area contributed by atoms with E-state index in [-0.39, 0.29) is 22.7 Å². The second-order valence-electron chi connectivity index (χ2n) is 5.25. The number of rotatable bonds is 5. The first-order valence-corrected chi connectivity index (χ1v) is 7.81. The van der Waals surface area contributed by atoms with Crippen molar-refractivity contribution in [3.63, 3.8) is 0 Å². The number of carbonyl (C=O) groups excluding carboxylic acids is 1. The molecule has 0 radical (unpaired) electrons. The highest BCUT2D eigenvalue weighted by Crippen LogP contribution is 2.35. The van der Waals surface area contributed by atoms with Gasteiger partial charge in [0.15, 0.2) is 17.3 Å². The van der Waals surface area contributed by atoms with Crippen LogP contribution in [0.15, 0.2) is 36.4 Å². The predicted molar refractivity (Wildman–Crippen MR) is 93.6 cm³/mol. The Balaban J connectivity index is 2.19. The standard InChI is InChI=1S/C18H14ClF4NO3/c1-26-15-8-13(20)14(9-16(15)27-2)24-17(25)6-4-10-3-5-12(19)11(7-10)18(21,22)23/h3-9H,1-2H3,(H,24,25)/b6-4+. The first kappa shape index (κ1) is 20.6. The number of hydrogen-bond acceptors (Lipinski definition) is 3. The lowest BCUT2D eigenvalue weighted by Crippen LogP contribution is -2.10. The third-order valence-corrected chi connectivity index (χ3v) is 3.78. The Hall–Kier alpha value is -2.74. The largest absolute Gasteiger partial charge is 0.493 e. The number of halogens is 5. The van der Waals surface area contributed by atoms with Crippen molar-refractivity contribution in [2.75, 3.05) is 19.5 Å². The van der Waals surface area contributed by atoms with Gasteiger partial charge in [-0.3, -0.25) is 4.79 Å². The molecule has 0 aliphatic rings. The summed E-state index contributed by atoms with van der Waals surface area (Å²) in [5.74, 6) is -1.17. The molecule has 0 bridgehead atoms. The van der Waals surface area contributed by atoms with E-state index in [0.29, 0.717) is 0 Å². The van der Waals surface area contributed by atoms with Gasteiger partial charge in [0.25, 0.3) is 0 Å². The summed E-state index contributed by atoms with van der Waals surface area (Å²) in [6.45, 7) is 0. The van der Waals surface area contributed by atoms with Crippen LogP contribution in [0.5, 0.6) is 11.5 Å². The van der Waals surface area contributed by atoms with Gasteiger partial charge < -0.3 is 14.8 Å². The molecule has 27 heavy (non-hydrogen) atoms. The maximum Gasteiger partial charge on any atom is 0.417 e. The molecule has 2 aromatic carbocycles. The summed E-state index contributed by atoms with van der Waals surface area (Å²) in [7, 11) is 2.68. The van der Waals surface area contributed by atoms with E-state index >= 15 is 0 Å². The van der Waals surface area contributed by atoms with Crippen molar-refractivity contribution in [3.8, 4) is 11.5 Å². The molecular formula is C18H14ClF4NO3. The van der Waals surface area contributed by atoms with Crippen molar-refractivity contribution in [1.82, 2.24) is 0 Å². The minimum atomic E-state index is -4.62. The quantitative estimate of drug-likeness (QED) is 0.553.